The van der Waals surface area contributed by atoms with Crippen LogP contribution in [0.4, 0.5) is 0 Å². The molecule has 0 radical (unpaired) electrons. The topological polar surface area (TPSA) is 82.6 Å². The van der Waals surface area contributed by atoms with Crippen LogP contribution in [-0.2, 0) is 10.0 Å². The Balaban J connectivity index is 4.04. The molecule has 0 aromatic carbocycles. The van der Waals surface area contributed by atoms with Crippen molar-refractivity contribution in [3.63, 3.8) is 0 Å². The number of sulfonamides is 1. The number of rotatable bonds is 10. The van der Waals surface area contributed by atoms with Crippen molar-refractivity contribution in [2.75, 3.05) is 32.4 Å². The second-order valence-electron chi connectivity index (χ2n) is 4.85. The summed E-state index contributed by atoms with van der Waals surface area (Å²) >= 11 is 0. The Morgan fingerprint density at radius 1 is 1.10 bits per heavy atom. The molecule has 0 aliphatic heterocycles. The third kappa shape index (κ3) is 11.0. The van der Waals surface area contributed by atoms with Gasteiger partial charge in [-0.2, -0.15) is 0 Å². The highest BCUT2D eigenvalue weighted by atomic mass is 32.2. The van der Waals surface area contributed by atoms with Crippen LogP contribution in [0, 0.1) is 5.92 Å². The molecule has 0 heterocycles. The van der Waals surface area contributed by atoms with Gasteiger partial charge in [-0.3, -0.25) is 4.99 Å². The van der Waals surface area contributed by atoms with Gasteiger partial charge in [0.15, 0.2) is 5.96 Å². The van der Waals surface area contributed by atoms with Crippen LogP contribution in [0.15, 0.2) is 4.99 Å². The van der Waals surface area contributed by atoms with E-state index in [2.05, 4.69) is 34.2 Å². The lowest BCUT2D eigenvalue weighted by Gasteiger charge is -2.14. The molecule has 0 saturated carbocycles. The first-order chi connectivity index (χ1) is 9.42. The number of hydrogen-bond donors (Lipinski definition) is 3. The number of guanidine groups is 1. The van der Waals surface area contributed by atoms with Gasteiger partial charge in [-0.25, -0.2) is 13.1 Å². The lowest BCUT2D eigenvalue weighted by molar-refractivity contribution is 0.504. The molecule has 0 fully saturated rings. The molecule has 3 N–H and O–H groups in total. The van der Waals surface area contributed by atoms with Crippen LogP contribution in [0.1, 0.15) is 40.0 Å². The fraction of sp³-hybridized carbons (Fsp3) is 0.923. The minimum Gasteiger partial charge on any atom is -0.357 e. The Bertz CT molecular complexity index is 365. The summed E-state index contributed by atoms with van der Waals surface area (Å²) < 4.78 is 24.3. The molecular weight excluding hydrogens is 276 g/mol. The average molecular weight is 306 g/mol. The smallest absolute Gasteiger partial charge is 0.208 e. The summed E-state index contributed by atoms with van der Waals surface area (Å²) in [6, 6.07) is 0. The Hall–Kier alpha value is -0.820. The SMILES string of the molecule is CCNC(=NCC(CC)CC)NCCCNS(C)(=O)=O. The van der Waals surface area contributed by atoms with Gasteiger partial charge in [0, 0.05) is 26.2 Å². The zero-order valence-electron chi connectivity index (χ0n) is 13.2. The lowest BCUT2D eigenvalue weighted by atomic mass is 10.0. The lowest BCUT2D eigenvalue weighted by Crippen LogP contribution is -2.39. The van der Waals surface area contributed by atoms with Crippen molar-refractivity contribution in [2.45, 2.75) is 40.0 Å². The summed E-state index contributed by atoms with van der Waals surface area (Å²) in [7, 11) is -3.09. The molecule has 0 rings (SSSR count). The molecule has 0 aliphatic carbocycles. The van der Waals surface area contributed by atoms with Gasteiger partial charge < -0.3 is 10.6 Å². The molecular formula is C13H30N4O2S. The van der Waals surface area contributed by atoms with E-state index in [4.69, 9.17) is 0 Å². The van der Waals surface area contributed by atoms with Crippen molar-refractivity contribution in [1.29, 1.82) is 0 Å². The molecule has 0 aliphatic rings. The van der Waals surface area contributed by atoms with Gasteiger partial charge in [0.05, 0.1) is 6.26 Å². The van der Waals surface area contributed by atoms with Gasteiger partial charge in [-0.1, -0.05) is 26.7 Å². The summed E-state index contributed by atoms with van der Waals surface area (Å²) in [6.07, 6.45) is 4.17. The number of aliphatic imine (C=N–C) groups is 1. The van der Waals surface area contributed by atoms with Crippen LogP contribution in [-0.4, -0.2) is 46.8 Å². The molecule has 0 aromatic heterocycles. The quantitative estimate of drug-likeness (QED) is 0.318. The highest BCUT2D eigenvalue weighted by Crippen LogP contribution is 2.06. The second-order valence-corrected chi connectivity index (χ2v) is 6.68. The van der Waals surface area contributed by atoms with E-state index in [0.717, 1.165) is 38.3 Å². The summed E-state index contributed by atoms with van der Waals surface area (Å²) in [5, 5.41) is 6.41. The summed E-state index contributed by atoms with van der Waals surface area (Å²) in [5.74, 6) is 1.43. The van der Waals surface area contributed by atoms with E-state index in [0.29, 0.717) is 19.0 Å². The first-order valence-corrected chi connectivity index (χ1v) is 9.28. The van der Waals surface area contributed by atoms with Crippen molar-refractivity contribution in [3.8, 4) is 0 Å². The van der Waals surface area contributed by atoms with Crippen molar-refractivity contribution in [1.82, 2.24) is 15.4 Å². The molecule has 0 unspecified atom stereocenters. The van der Waals surface area contributed by atoms with Gasteiger partial charge in [-0.15, -0.1) is 0 Å². The van der Waals surface area contributed by atoms with E-state index in [1.807, 2.05) is 6.92 Å². The Kier molecular flexibility index (Phi) is 10.5. The predicted molar refractivity (Wildman–Crippen MR) is 85.5 cm³/mol. The fourth-order valence-corrected chi connectivity index (χ4v) is 2.18. The molecule has 0 amide bonds. The maximum Gasteiger partial charge on any atom is 0.208 e. The van der Waals surface area contributed by atoms with E-state index < -0.39 is 10.0 Å². The maximum atomic E-state index is 10.9. The van der Waals surface area contributed by atoms with Crippen molar-refractivity contribution >= 4 is 16.0 Å². The normalized spacial score (nSPS) is 12.8. The van der Waals surface area contributed by atoms with E-state index in [9.17, 15) is 8.42 Å². The van der Waals surface area contributed by atoms with E-state index in [1.165, 1.54) is 6.26 Å². The van der Waals surface area contributed by atoms with Crippen LogP contribution < -0.4 is 15.4 Å². The molecule has 0 saturated heterocycles. The first-order valence-electron chi connectivity index (χ1n) is 7.39. The highest BCUT2D eigenvalue weighted by Gasteiger charge is 2.04. The van der Waals surface area contributed by atoms with E-state index >= 15 is 0 Å². The van der Waals surface area contributed by atoms with Crippen LogP contribution in [0.25, 0.3) is 0 Å². The zero-order valence-corrected chi connectivity index (χ0v) is 14.0. The summed E-state index contributed by atoms with van der Waals surface area (Å²) in [5.41, 5.74) is 0. The van der Waals surface area contributed by atoms with Crippen LogP contribution in [0.5, 0.6) is 0 Å². The number of nitrogens with one attached hydrogen (secondary N) is 3. The first kappa shape index (κ1) is 19.2. The van der Waals surface area contributed by atoms with Crippen molar-refractivity contribution in [3.05, 3.63) is 0 Å². The van der Waals surface area contributed by atoms with Gasteiger partial charge in [0.1, 0.15) is 0 Å². The Morgan fingerprint density at radius 3 is 2.25 bits per heavy atom. The Labute approximate surface area is 123 Å². The molecule has 20 heavy (non-hydrogen) atoms. The minimum atomic E-state index is -3.09. The maximum absolute atomic E-state index is 10.9. The van der Waals surface area contributed by atoms with E-state index in [1.54, 1.807) is 0 Å². The van der Waals surface area contributed by atoms with Gasteiger partial charge in [-0.05, 0) is 19.3 Å². The third-order valence-electron chi connectivity index (χ3n) is 3.02. The summed E-state index contributed by atoms with van der Waals surface area (Å²) in [4.78, 5) is 4.56. The van der Waals surface area contributed by atoms with Crippen LogP contribution >= 0.6 is 0 Å². The molecule has 6 nitrogen and oxygen atoms in total. The molecule has 7 heteroatoms. The molecule has 0 aromatic rings. The van der Waals surface area contributed by atoms with Crippen LogP contribution in [0.2, 0.25) is 0 Å². The van der Waals surface area contributed by atoms with Gasteiger partial charge >= 0.3 is 0 Å². The zero-order chi connectivity index (χ0) is 15.4. The van der Waals surface area contributed by atoms with Gasteiger partial charge in [0.25, 0.3) is 0 Å². The predicted octanol–water partition coefficient (Wildman–Crippen LogP) is 0.917. The highest BCUT2D eigenvalue weighted by molar-refractivity contribution is 7.88. The number of nitrogens with zero attached hydrogens (tertiary/aromatic N) is 1. The standard InChI is InChI=1S/C13H30N4O2S/c1-5-12(6-2)11-16-13(14-7-3)15-9-8-10-17-20(4,18)19/h12,17H,5-11H2,1-4H3,(H2,14,15,16). The molecule has 0 bridgehead atoms. The fourth-order valence-electron chi connectivity index (χ4n) is 1.66. The monoisotopic (exact) mass is 306 g/mol. The molecule has 0 atom stereocenters. The Morgan fingerprint density at radius 2 is 1.75 bits per heavy atom. The largest absolute Gasteiger partial charge is 0.357 e. The van der Waals surface area contributed by atoms with Crippen molar-refractivity contribution in [2.24, 2.45) is 10.9 Å². The average Bonchev–Trinajstić information content (AvgIpc) is 2.38. The molecule has 120 valence electrons. The van der Waals surface area contributed by atoms with Crippen LogP contribution in [0.3, 0.4) is 0 Å². The minimum absolute atomic E-state index is 0.442. The van der Waals surface area contributed by atoms with Gasteiger partial charge in [0.2, 0.25) is 10.0 Å². The third-order valence-corrected chi connectivity index (χ3v) is 3.75. The second kappa shape index (κ2) is 10.9. The number of hydrogen-bond acceptors (Lipinski definition) is 3. The molecule has 0 spiro atoms. The summed E-state index contributed by atoms with van der Waals surface area (Å²) in [6.45, 7) is 9.16. The van der Waals surface area contributed by atoms with Crippen molar-refractivity contribution < 1.29 is 8.42 Å². The van der Waals surface area contributed by atoms with E-state index in [-0.39, 0.29) is 0 Å².